The van der Waals surface area contributed by atoms with Gasteiger partial charge in [0.05, 0.1) is 0 Å². The SMILES string of the molecule is C.C.CPc1ccccc1Nc1ccnc(Nc2ccc(N3CC=CCC3)cc2)n1. The number of nitrogens with zero attached hydrogens (tertiary/aromatic N) is 3. The Bertz CT molecular complexity index is 956. The summed E-state index contributed by atoms with van der Waals surface area (Å²) in [7, 11) is 0.726. The summed E-state index contributed by atoms with van der Waals surface area (Å²) in [4.78, 5) is 11.3. The van der Waals surface area contributed by atoms with Crippen molar-refractivity contribution in [1.82, 2.24) is 9.97 Å². The molecule has 4 rings (SSSR count). The lowest BCUT2D eigenvalue weighted by Crippen LogP contribution is -2.26. The van der Waals surface area contributed by atoms with Crippen molar-refractivity contribution < 1.29 is 0 Å². The summed E-state index contributed by atoms with van der Waals surface area (Å²) in [6, 6.07) is 18.6. The van der Waals surface area contributed by atoms with Crippen molar-refractivity contribution in [2.75, 3.05) is 35.3 Å². The minimum absolute atomic E-state index is 0. The Kier molecular flexibility index (Phi) is 8.82. The van der Waals surface area contributed by atoms with E-state index in [0.29, 0.717) is 5.95 Å². The molecule has 0 spiro atoms. The van der Waals surface area contributed by atoms with E-state index in [1.54, 1.807) is 6.20 Å². The first-order valence-corrected chi connectivity index (χ1v) is 11.0. The molecule has 3 aromatic rings. The molecule has 1 aromatic heterocycles. The number of aromatic nitrogens is 2. The molecular weight excluding hydrogens is 389 g/mol. The van der Waals surface area contributed by atoms with Gasteiger partial charge in [0.15, 0.2) is 0 Å². The van der Waals surface area contributed by atoms with Crippen LogP contribution in [0.25, 0.3) is 0 Å². The topological polar surface area (TPSA) is 53.1 Å². The standard InChI is InChI=1S/C22H24N5P.2CH4/c1-28-20-8-4-3-7-19(20)25-21-13-14-23-22(26-21)24-17-9-11-18(12-10-17)27-15-5-2-6-16-27;;/h2-5,7-14,28H,6,15-16H2,1H3,(H2,23,24,25,26);2*1H4. The molecule has 1 aliphatic rings. The fourth-order valence-electron chi connectivity index (χ4n) is 3.20. The van der Waals surface area contributed by atoms with Gasteiger partial charge in [-0.2, -0.15) is 4.98 Å². The Morgan fingerprint density at radius 3 is 2.47 bits per heavy atom. The number of para-hydroxylation sites is 1. The molecule has 2 heterocycles. The number of hydrogen-bond acceptors (Lipinski definition) is 5. The molecule has 2 aromatic carbocycles. The van der Waals surface area contributed by atoms with Crippen LogP contribution in [0.5, 0.6) is 0 Å². The average Bonchev–Trinajstić information content (AvgIpc) is 2.76. The number of benzene rings is 2. The fourth-order valence-corrected chi connectivity index (χ4v) is 3.88. The van der Waals surface area contributed by atoms with Gasteiger partial charge in [-0.05, 0) is 54.8 Å². The van der Waals surface area contributed by atoms with Crippen molar-refractivity contribution in [3.8, 4) is 0 Å². The lowest BCUT2D eigenvalue weighted by Gasteiger charge is -2.25. The molecular formula is C24H32N5P. The lowest BCUT2D eigenvalue weighted by atomic mass is 10.2. The van der Waals surface area contributed by atoms with Gasteiger partial charge in [-0.1, -0.05) is 53.8 Å². The quantitative estimate of drug-likeness (QED) is 0.381. The largest absolute Gasteiger partial charge is 0.367 e. The van der Waals surface area contributed by atoms with Crippen LogP contribution in [0.1, 0.15) is 21.3 Å². The van der Waals surface area contributed by atoms with Crippen LogP contribution in [0.4, 0.5) is 28.8 Å². The molecule has 0 bridgehead atoms. The Labute approximate surface area is 182 Å². The molecule has 0 saturated carbocycles. The summed E-state index contributed by atoms with van der Waals surface area (Å²) in [5.74, 6) is 1.36. The number of hydrogen-bond donors (Lipinski definition) is 2. The van der Waals surface area contributed by atoms with Crippen molar-refractivity contribution in [2.24, 2.45) is 0 Å². The number of nitrogens with one attached hydrogen (secondary N) is 2. The molecule has 158 valence electrons. The van der Waals surface area contributed by atoms with Gasteiger partial charge < -0.3 is 15.5 Å². The van der Waals surface area contributed by atoms with Crippen LogP contribution in [0.3, 0.4) is 0 Å². The van der Waals surface area contributed by atoms with Gasteiger partial charge in [0.1, 0.15) is 5.82 Å². The maximum atomic E-state index is 4.60. The number of rotatable bonds is 6. The highest BCUT2D eigenvalue weighted by molar-refractivity contribution is 7.46. The molecule has 0 saturated heterocycles. The Hall–Kier alpha value is -2.91. The van der Waals surface area contributed by atoms with E-state index in [1.807, 2.05) is 12.1 Å². The minimum Gasteiger partial charge on any atom is -0.367 e. The Morgan fingerprint density at radius 2 is 1.73 bits per heavy atom. The highest BCUT2D eigenvalue weighted by atomic mass is 31.1. The third-order valence-electron chi connectivity index (χ3n) is 4.66. The van der Waals surface area contributed by atoms with Crippen LogP contribution in [0.15, 0.2) is 72.9 Å². The van der Waals surface area contributed by atoms with E-state index in [0.717, 1.165) is 45.3 Å². The normalized spacial score (nSPS) is 12.9. The van der Waals surface area contributed by atoms with Crippen LogP contribution in [-0.4, -0.2) is 29.7 Å². The van der Waals surface area contributed by atoms with Crippen LogP contribution in [0, 0.1) is 0 Å². The second-order valence-corrected chi connectivity index (χ2v) is 7.60. The second-order valence-electron chi connectivity index (χ2n) is 6.56. The van der Waals surface area contributed by atoms with Gasteiger partial charge in [0, 0.05) is 36.3 Å². The molecule has 1 unspecified atom stereocenters. The predicted molar refractivity (Wildman–Crippen MR) is 135 cm³/mol. The van der Waals surface area contributed by atoms with Crippen molar-refractivity contribution in [1.29, 1.82) is 0 Å². The van der Waals surface area contributed by atoms with Crippen molar-refractivity contribution in [2.45, 2.75) is 21.3 Å². The summed E-state index contributed by atoms with van der Waals surface area (Å²) in [6.07, 6.45) is 7.33. The fraction of sp³-hybridized carbons (Fsp3) is 0.250. The summed E-state index contributed by atoms with van der Waals surface area (Å²) in [6.45, 7) is 4.22. The molecule has 2 N–H and O–H groups in total. The van der Waals surface area contributed by atoms with Gasteiger partial charge in [-0.3, -0.25) is 0 Å². The molecule has 0 radical (unpaired) electrons. The van der Waals surface area contributed by atoms with E-state index in [9.17, 15) is 0 Å². The lowest BCUT2D eigenvalue weighted by molar-refractivity contribution is 0.821. The predicted octanol–water partition coefficient (Wildman–Crippen LogP) is 5.94. The maximum Gasteiger partial charge on any atom is 0.229 e. The Morgan fingerprint density at radius 1 is 0.933 bits per heavy atom. The smallest absolute Gasteiger partial charge is 0.229 e. The highest BCUT2D eigenvalue weighted by Crippen LogP contribution is 2.23. The van der Waals surface area contributed by atoms with Crippen molar-refractivity contribution in [3.63, 3.8) is 0 Å². The molecule has 30 heavy (non-hydrogen) atoms. The zero-order valence-corrected chi connectivity index (χ0v) is 16.9. The van der Waals surface area contributed by atoms with E-state index in [4.69, 9.17) is 0 Å². The minimum atomic E-state index is 0. The maximum absolute atomic E-state index is 4.60. The van der Waals surface area contributed by atoms with E-state index in [2.05, 4.69) is 86.8 Å². The van der Waals surface area contributed by atoms with Crippen molar-refractivity contribution >= 4 is 42.7 Å². The van der Waals surface area contributed by atoms with Crippen LogP contribution in [0.2, 0.25) is 0 Å². The first-order chi connectivity index (χ1) is 13.8. The summed E-state index contributed by atoms with van der Waals surface area (Å²) in [5, 5.41) is 7.99. The zero-order chi connectivity index (χ0) is 19.2. The average molecular weight is 422 g/mol. The van der Waals surface area contributed by atoms with Gasteiger partial charge in [0.25, 0.3) is 0 Å². The third-order valence-corrected chi connectivity index (χ3v) is 5.64. The van der Waals surface area contributed by atoms with Crippen LogP contribution >= 0.6 is 8.58 Å². The first-order valence-electron chi connectivity index (χ1n) is 9.46. The van der Waals surface area contributed by atoms with Gasteiger partial charge in [-0.25, -0.2) is 4.98 Å². The molecule has 0 fully saturated rings. The number of anilines is 5. The second kappa shape index (κ2) is 11.3. The molecule has 0 amide bonds. The van der Waals surface area contributed by atoms with Gasteiger partial charge >= 0.3 is 0 Å². The third kappa shape index (κ3) is 5.80. The van der Waals surface area contributed by atoms with Crippen LogP contribution < -0.4 is 20.8 Å². The summed E-state index contributed by atoms with van der Waals surface area (Å²) in [5.41, 5.74) is 3.31. The van der Waals surface area contributed by atoms with E-state index in [-0.39, 0.29) is 14.9 Å². The zero-order valence-electron chi connectivity index (χ0n) is 15.9. The monoisotopic (exact) mass is 421 g/mol. The van der Waals surface area contributed by atoms with Gasteiger partial charge in [0.2, 0.25) is 5.95 Å². The van der Waals surface area contributed by atoms with E-state index in [1.165, 1.54) is 11.0 Å². The summed E-state index contributed by atoms with van der Waals surface area (Å²) < 4.78 is 0. The summed E-state index contributed by atoms with van der Waals surface area (Å²) >= 11 is 0. The molecule has 1 atom stereocenters. The van der Waals surface area contributed by atoms with Crippen molar-refractivity contribution in [3.05, 3.63) is 72.9 Å². The molecule has 1 aliphatic heterocycles. The van der Waals surface area contributed by atoms with Gasteiger partial charge in [-0.15, -0.1) is 0 Å². The van der Waals surface area contributed by atoms with Crippen LogP contribution in [-0.2, 0) is 0 Å². The Balaban J connectivity index is 0.00000160. The molecule has 0 aliphatic carbocycles. The van der Waals surface area contributed by atoms with E-state index < -0.39 is 0 Å². The molecule has 6 heteroatoms. The highest BCUT2D eigenvalue weighted by Gasteiger charge is 2.08. The first kappa shape index (κ1) is 23.4. The molecule has 5 nitrogen and oxygen atoms in total. The van der Waals surface area contributed by atoms with E-state index >= 15 is 0 Å².